The average molecular weight is 427 g/mol. The van der Waals surface area contributed by atoms with Crippen LogP contribution in [0, 0.1) is 12.3 Å². The van der Waals surface area contributed by atoms with Crippen molar-refractivity contribution in [2.45, 2.75) is 13.9 Å². The van der Waals surface area contributed by atoms with E-state index in [1.165, 1.54) is 10.8 Å². The van der Waals surface area contributed by atoms with E-state index in [9.17, 15) is 0 Å². The number of benzene rings is 4. The summed E-state index contributed by atoms with van der Waals surface area (Å²) in [6.07, 6.45) is 6.23. The molecule has 2 nitrogen and oxygen atoms in total. The predicted octanol–water partition coefficient (Wildman–Crippen LogP) is 6.94. The highest BCUT2D eigenvalue weighted by atomic mass is 32.2. The van der Waals surface area contributed by atoms with Crippen molar-refractivity contribution in [3.05, 3.63) is 96.6 Å². The fourth-order valence-electron chi connectivity index (χ4n) is 3.43. The summed E-state index contributed by atoms with van der Waals surface area (Å²) in [4.78, 5) is 2.23. The van der Waals surface area contributed by atoms with Gasteiger partial charge < -0.3 is 9.47 Å². The lowest BCUT2D eigenvalue weighted by Crippen LogP contribution is -2.15. The van der Waals surface area contributed by atoms with E-state index in [2.05, 4.69) is 60.5 Å². The summed E-state index contributed by atoms with van der Waals surface area (Å²) in [7, 11) is 0. The molecule has 4 aromatic carbocycles. The molecular formula is C26H18O2S2. The molecule has 0 spiro atoms. The second kappa shape index (κ2) is 8.02. The van der Waals surface area contributed by atoms with E-state index in [1.807, 2.05) is 36.4 Å². The van der Waals surface area contributed by atoms with Gasteiger partial charge in [-0.2, -0.15) is 0 Å². The van der Waals surface area contributed by atoms with Crippen molar-refractivity contribution < 1.29 is 9.47 Å². The Balaban J connectivity index is 1.60. The lowest BCUT2D eigenvalue weighted by molar-refractivity contribution is 0.174. The van der Waals surface area contributed by atoms with Crippen LogP contribution in [0.4, 0.5) is 0 Å². The zero-order valence-corrected chi connectivity index (χ0v) is 17.7. The molecule has 4 heteroatoms. The van der Waals surface area contributed by atoms with Crippen LogP contribution in [-0.2, 0) is 4.08 Å². The van der Waals surface area contributed by atoms with E-state index in [0.29, 0.717) is 0 Å². The summed E-state index contributed by atoms with van der Waals surface area (Å²) >= 11 is 3.34. The maximum absolute atomic E-state index is 6.23. The fourth-order valence-corrected chi connectivity index (χ4v) is 6.06. The maximum Gasteiger partial charge on any atom is 0.231 e. The molecule has 4 aromatic rings. The average Bonchev–Trinajstić information content (AvgIpc) is 3.27. The molecule has 1 aliphatic rings. The van der Waals surface area contributed by atoms with Crippen LogP contribution in [-0.4, -0.2) is 6.79 Å². The fraction of sp³-hybridized carbons (Fsp3) is 0.0769. The molecule has 0 fully saturated rings. The molecule has 0 N–H and O–H groups in total. The Kier molecular flexibility index (Phi) is 5.08. The topological polar surface area (TPSA) is 18.5 Å². The zero-order chi connectivity index (χ0) is 20.4. The van der Waals surface area contributed by atoms with Crippen LogP contribution < -0.4 is 9.47 Å². The minimum absolute atomic E-state index is 0.242. The van der Waals surface area contributed by atoms with E-state index >= 15 is 0 Å². The smallest absolute Gasteiger partial charge is 0.231 e. The molecule has 1 unspecified atom stereocenters. The SMILES string of the molecule is C#CC(Sc1ccccc1)(Sc1ccc2ccccc2c1)c1ccc2c(c1)OCO2. The highest BCUT2D eigenvalue weighted by Gasteiger charge is 2.34. The Bertz CT molecular complexity index is 1250. The number of fused-ring (bicyclic) bond motifs is 2. The Hall–Kier alpha value is -3.00. The van der Waals surface area contributed by atoms with Gasteiger partial charge in [-0.3, -0.25) is 0 Å². The molecule has 30 heavy (non-hydrogen) atoms. The third-order valence-electron chi connectivity index (χ3n) is 4.93. The van der Waals surface area contributed by atoms with Gasteiger partial charge in [0.2, 0.25) is 6.79 Å². The monoisotopic (exact) mass is 426 g/mol. The molecule has 1 atom stereocenters. The minimum atomic E-state index is -0.662. The highest BCUT2D eigenvalue weighted by molar-refractivity contribution is 8.18. The summed E-state index contributed by atoms with van der Waals surface area (Å²) in [6.45, 7) is 0.242. The van der Waals surface area contributed by atoms with Crippen molar-refractivity contribution in [3.63, 3.8) is 0 Å². The van der Waals surface area contributed by atoms with E-state index in [-0.39, 0.29) is 6.79 Å². The molecule has 0 amide bonds. The van der Waals surface area contributed by atoms with Gasteiger partial charge in [0.1, 0.15) is 0 Å². The van der Waals surface area contributed by atoms with E-state index in [4.69, 9.17) is 15.9 Å². The number of ether oxygens (including phenoxy) is 2. The molecule has 0 bridgehead atoms. The second-order valence-corrected chi connectivity index (χ2v) is 9.69. The van der Waals surface area contributed by atoms with Crippen molar-refractivity contribution in [1.29, 1.82) is 0 Å². The highest BCUT2D eigenvalue weighted by Crippen LogP contribution is 2.54. The van der Waals surface area contributed by atoms with Gasteiger partial charge in [-0.15, -0.1) is 6.42 Å². The van der Waals surface area contributed by atoms with Crippen molar-refractivity contribution in [2.75, 3.05) is 6.79 Å². The lowest BCUT2D eigenvalue weighted by Gasteiger charge is -2.28. The third kappa shape index (κ3) is 3.63. The lowest BCUT2D eigenvalue weighted by atomic mass is 10.1. The number of terminal acetylenes is 1. The molecule has 0 aliphatic carbocycles. The summed E-state index contributed by atoms with van der Waals surface area (Å²) in [5.74, 6) is 4.59. The van der Waals surface area contributed by atoms with Gasteiger partial charge in [0.05, 0.1) is 0 Å². The van der Waals surface area contributed by atoms with Crippen LogP contribution >= 0.6 is 23.5 Å². The van der Waals surface area contributed by atoms with Crippen LogP contribution in [0.15, 0.2) is 101 Å². The predicted molar refractivity (Wildman–Crippen MR) is 125 cm³/mol. The van der Waals surface area contributed by atoms with Gasteiger partial charge in [-0.1, -0.05) is 84.0 Å². The first-order valence-corrected chi connectivity index (χ1v) is 11.2. The van der Waals surface area contributed by atoms with Crippen LogP contribution in [0.25, 0.3) is 10.8 Å². The summed E-state index contributed by atoms with van der Waals surface area (Å²) in [5.41, 5.74) is 1.00. The maximum atomic E-state index is 6.23. The molecule has 5 rings (SSSR count). The summed E-state index contributed by atoms with van der Waals surface area (Å²) in [5, 5.41) is 2.41. The number of hydrogen-bond acceptors (Lipinski definition) is 4. The molecular weight excluding hydrogens is 408 g/mol. The Morgan fingerprint density at radius 3 is 2.27 bits per heavy atom. The zero-order valence-electron chi connectivity index (χ0n) is 16.1. The first kappa shape index (κ1) is 19.0. The van der Waals surface area contributed by atoms with Crippen LogP contribution in [0.1, 0.15) is 5.56 Å². The second-order valence-electron chi connectivity index (χ2n) is 6.86. The number of hydrogen-bond donors (Lipinski definition) is 0. The van der Waals surface area contributed by atoms with Gasteiger partial charge in [0, 0.05) is 9.79 Å². The molecule has 0 radical (unpaired) electrons. The van der Waals surface area contributed by atoms with Crippen molar-refractivity contribution in [2.24, 2.45) is 0 Å². The molecule has 0 saturated heterocycles. The molecule has 1 aliphatic heterocycles. The van der Waals surface area contributed by atoms with Crippen molar-refractivity contribution in [1.82, 2.24) is 0 Å². The van der Waals surface area contributed by atoms with E-state index < -0.39 is 4.08 Å². The van der Waals surface area contributed by atoms with Gasteiger partial charge in [0.15, 0.2) is 15.6 Å². The van der Waals surface area contributed by atoms with Gasteiger partial charge in [-0.25, -0.2) is 0 Å². The molecule has 146 valence electrons. The first-order valence-electron chi connectivity index (χ1n) is 9.55. The molecule has 0 aromatic heterocycles. The van der Waals surface area contributed by atoms with E-state index in [0.717, 1.165) is 26.9 Å². The van der Waals surface area contributed by atoms with Gasteiger partial charge >= 0.3 is 0 Å². The van der Waals surface area contributed by atoms with Crippen LogP contribution in [0.2, 0.25) is 0 Å². The van der Waals surface area contributed by atoms with Gasteiger partial charge in [0.25, 0.3) is 0 Å². The Morgan fingerprint density at radius 2 is 1.43 bits per heavy atom. The minimum Gasteiger partial charge on any atom is -0.454 e. The van der Waals surface area contributed by atoms with Gasteiger partial charge in [-0.05, 0) is 52.7 Å². The van der Waals surface area contributed by atoms with Crippen molar-refractivity contribution >= 4 is 34.3 Å². The Labute approximate surface area is 184 Å². The molecule has 1 heterocycles. The summed E-state index contributed by atoms with van der Waals surface area (Å²) < 4.78 is 10.5. The number of rotatable bonds is 5. The van der Waals surface area contributed by atoms with E-state index in [1.54, 1.807) is 23.5 Å². The number of thioether (sulfide) groups is 2. The van der Waals surface area contributed by atoms with Crippen molar-refractivity contribution in [3.8, 4) is 23.8 Å². The largest absolute Gasteiger partial charge is 0.454 e. The Morgan fingerprint density at radius 1 is 0.700 bits per heavy atom. The normalized spacial score (nSPS) is 14.2. The quantitative estimate of drug-likeness (QED) is 0.195. The first-order chi connectivity index (χ1) is 14.8. The third-order valence-corrected chi connectivity index (χ3v) is 7.71. The van der Waals surface area contributed by atoms with Crippen LogP contribution in [0.3, 0.4) is 0 Å². The molecule has 0 saturated carbocycles. The van der Waals surface area contributed by atoms with Crippen LogP contribution in [0.5, 0.6) is 11.5 Å². The summed E-state index contributed by atoms with van der Waals surface area (Å²) in [6, 6.07) is 31.1. The standard InChI is InChI=1S/C26H18O2S2/c1-2-26(29-22-10-4-3-5-11-22,21-13-15-24-25(17-21)28-18-27-24)30-23-14-12-19-8-6-7-9-20(19)16-23/h1,3-17H,18H2.